The third-order valence-electron chi connectivity index (χ3n) is 12.4. The van der Waals surface area contributed by atoms with Crippen LogP contribution in [0.25, 0.3) is 0 Å². The molecule has 6 aromatic rings. The maximum Gasteiger partial charge on any atom is 0.258 e. The molecule has 15 heteroatoms. The minimum atomic E-state index is -0.304. The lowest BCUT2D eigenvalue weighted by Gasteiger charge is -2.27. The quantitative estimate of drug-likeness (QED) is 0.0629. The molecular formula is C57H66N6O9. The molecule has 0 aromatic heterocycles. The average molecular weight is 979 g/mol. The van der Waals surface area contributed by atoms with E-state index in [9.17, 15) is 0 Å². The number of hydrogen-bond donors (Lipinski definition) is 3. The Morgan fingerprint density at radius 3 is 0.875 bits per heavy atom. The molecule has 7 rings (SSSR count). The summed E-state index contributed by atoms with van der Waals surface area (Å²) in [6.45, 7) is 8.05. The lowest BCUT2D eigenvalue weighted by atomic mass is 10.1. The Balaban J connectivity index is 1.42. The van der Waals surface area contributed by atoms with Gasteiger partial charge in [0.25, 0.3) is 17.7 Å². The van der Waals surface area contributed by atoms with E-state index in [-0.39, 0.29) is 17.7 Å². The number of nitrogens with zero attached hydrogens (tertiary/aromatic N) is 3. The molecule has 0 radical (unpaired) electrons. The van der Waals surface area contributed by atoms with E-state index in [1.165, 1.54) is 0 Å². The first-order valence-corrected chi connectivity index (χ1v) is 24.2. The fourth-order valence-electron chi connectivity index (χ4n) is 8.75. The molecule has 0 spiro atoms. The molecule has 1 aliphatic heterocycles. The number of anilines is 6. The summed E-state index contributed by atoms with van der Waals surface area (Å²) in [6, 6.07) is 33.3. The summed E-state index contributed by atoms with van der Waals surface area (Å²) in [5.74, 6) is 2.95. The highest BCUT2D eigenvalue weighted by atomic mass is 16.5. The van der Waals surface area contributed by atoms with Crippen molar-refractivity contribution in [2.24, 2.45) is 0 Å². The highest BCUT2D eigenvalue weighted by Gasteiger charge is 2.28. The van der Waals surface area contributed by atoms with Crippen LogP contribution in [0.15, 0.2) is 109 Å². The van der Waals surface area contributed by atoms with E-state index >= 15 is 14.4 Å². The number of rotatable bonds is 21. The van der Waals surface area contributed by atoms with Crippen molar-refractivity contribution in [1.29, 1.82) is 0 Å². The minimum Gasteiger partial charge on any atom is -0.497 e. The molecule has 0 atom stereocenters. The number of nitrogens with one attached hydrogen (secondary N) is 3. The predicted octanol–water partition coefficient (Wildman–Crippen LogP) is 11.1. The molecule has 72 heavy (non-hydrogen) atoms. The zero-order valence-electron chi connectivity index (χ0n) is 42.8. The summed E-state index contributed by atoms with van der Waals surface area (Å²) in [5.41, 5.74) is 7.04. The van der Waals surface area contributed by atoms with Gasteiger partial charge in [-0.1, -0.05) is 20.8 Å². The SMILES string of the molecule is CCCN1C(=O)c2cc(NCc3ccc(OC)cc3OC)cc(c2)N(CCC)C(=O)c2cc(NCc3ccc(OC)cc3OC)cc(c2)N(CCC)C(=O)c2cc(NCc3ccc(OC)cc3OC)cc1c2. The van der Waals surface area contributed by atoms with Gasteiger partial charge in [0.2, 0.25) is 0 Å². The van der Waals surface area contributed by atoms with Gasteiger partial charge in [0.15, 0.2) is 0 Å². The first-order chi connectivity index (χ1) is 35.0. The largest absolute Gasteiger partial charge is 0.497 e. The fraction of sp³-hybridized carbons (Fsp3) is 0.316. The Labute approximate surface area is 422 Å². The number of methoxy groups -OCH3 is 6. The van der Waals surface area contributed by atoms with Gasteiger partial charge in [0, 0.05) is 125 Å². The second-order valence-corrected chi connectivity index (χ2v) is 17.3. The van der Waals surface area contributed by atoms with Crippen molar-refractivity contribution in [3.63, 3.8) is 0 Å². The van der Waals surface area contributed by atoms with Crippen LogP contribution >= 0.6 is 0 Å². The number of ether oxygens (including phenoxy) is 6. The standard InChI is InChI=1S/C57H66N6O9/c1-10-19-61-46-25-41(23-43(28-46)58-34-37-13-16-49(67-4)31-52(37)70-7)56(65)63(21-12-3)48-27-42(24-45(30-48)60-36-39-15-18-51(69-6)33-54(39)72-9)57(66)62(20-11-2)47-26-40(55(61)64)22-44(29-47)59-35-38-14-17-50(68-5)32-53(38)71-8/h13-18,22-33,58-60H,10-12,19-21,34-36H2,1-9H3. The number of carbonyl (C=O) groups is 3. The van der Waals surface area contributed by atoms with Gasteiger partial charge in [-0.15, -0.1) is 0 Å². The second kappa shape index (κ2) is 24.2. The molecular weight excluding hydrogens is 913 g/mol. The first-order valence-electron chi connectivity index (χ1n) is 24.2. The van der Waals surface area contributed by atoms with Gasteiger partial charge in [0.05, 0.1) is 42.7 Å². The van der Waals surface area contributed by atoms with Crippen LogP contribution in [0, 0.1) is 0 Å². The molecule has 3 amide bonds. The molecule has 1 heterocycles. The molecule has 1 aliphatic rings. The van der Waals surface area contributed by atoms with Crippen LogP contribution in [-0.2, 0) is 19.6 Å². The van der Waals surface area contributed by atoms with E-state index in [1.54, 1.807) is 93.8 Å². The van der Waals surface area contributed by atoms with Crippen LogP contribution in [0.5, 0.6) is 34.5 Å². The zero-order chi connectivity index (χ0) is 51.3. The van der Waals surface area contributed by atoms with Crippen molar-refractivity contribution in [1.82, 2.24) is 0 Å². The van der Waals surface area contributed by atoms with E-state index in [0.717, 1.165) is 16.7 Å². The maximum absolute atomic E-state index is 15.3. The Kier molecular flexibility index (Phi) is 17.4. The summed E-state index contributed by atoms with van der Waals surface area (Å²) in [6.07, 6.45) is 1.85. The molecule has 0 saturated carbocycles. The van der Waals surface area contributed by atoms with E-state index < -0.39 is 0 Å². The minimum absolute atomic E-state index is 0.304. The number of fused-ring (bicyclic) bond motifs is 6. The predicted molar refractivity (Wildman–Crippen MR) is 286 cm³/mol. The van der Waals surface area contributed by atoms with E-state index in [4.69, 9.17) is 28.4 Å². The van der Waals surface area contributed by atoms with Crippen molar-refractivity contribution >= 4 is 51.8 Å². The summed E-state index contributed by atoms with van der Waals surface area (Å²) in [7, 11) is 9.63. The molecule has 0 fully saturated rings. The van der Waals surface area contributed by atoms with Crippen LogP contribution in [0.1, 0.15) is 87.8 Å². The molecule has 6 aromatic carbocycles. The smallest absolute Gasteiger partial charge is 0.258 e. The second-order valence-electron chi connectivity index (χ2n) is 17.3. The highest BCUT2D eigenvalue weighted by Crippen LogP contribution is 2.35. The first kappa shape index (κ1) is 51.8. The summed E-state index contributed by atoms with van der Waals surface area (Å²) >= 11 is 0. The Morgan fingerprint density at radius 1 is 0.361 bits per heavy atom. The monoisotopic (exact) mass is 978 g/mol. The topological polar surface area (TPSA) is 152 Å². The zero-order valence-corrected chi connectivity index (χ0v) is 42.8. The molecule has 3 N–H and O–H groups in total. The van der Waals surface area contributed by atoms with Crippen molar-refractivity contribution in [2.75, 3.05) is 92.9 Å². The molecule has 0 unspecified atom stereocenters. The lowest BCUT2D eigenvalue weighted by Crippen LogP contribution is -2.34. The van der Waals surface area contributed by atoms with Crippen molar-refractivity contribution < 1.29 is 42.8 Å². The lowest BCUT2D eigenvalue weighted by molar-refractivity contribution is 0.0976. The molecule has 15 nitrogen and oxygen atoms in total. The van der Waals surface area contributed by atoms with Gasteiger partial charge < -0.3 is 59.1 Å². The number of benzene rings is 6. The van der Waals surface area contributed by atoms with Gasteiger partial charge >= 0.3 is 0 Å². The number of amides is 3. The maximum atomic E-state index is 15.3. The van der Waals surface area contributed by atoms with Gasteiger partial charge in [-0.2, -0.15) is 0 Å². The Bertz CT molecular complexity index is 2580. The van der Waals surface area contributed by atoms with Crippen LogP contribution in [-0.4, -0.2) is 80.0 Å². The van der Waals surface area contributed by atoms with Crippen molar-refractivity contribution in [2.45, 2.75) is 59.7 Å². The number of carbonyl (C=O) groups excluding carboxylic acids is 3. The highest BCUT2D eigenvalue weighted by molar-refractivity contribution is 6.13. The van der Waals surface area contributed by atoms with E-state index in [2.05, 4.69) is 16.0 Å². The van der Waals surface area contributed by atoms with Gasteiger partial charge in [-0.3, -0.25) is 14.4 Å². The number of hydrogen-bond acceptors (Lipinski definition) is 12. The average Bonchev–Trinajstić information content (AvgIpc) is 3.42. The van der Waals surface area contributed by atoms with Crippen LogP contribution < -0.4 is 59.1 Å². The van der Waals surface area contributed by atoms with Gasteiger partial charge in [-0.25, -0.2) is 0 Å². The normalized spacial score (nSPS) is 12.5. The van der Waals surface area contributed by atoms with Crippen molar-refractivity contribution in [3.05, 3.63) is 143 Å². The van der Waals surface area contributed by atoms with Crippen LogP contribution in [0.3, 0.4) is 0 Å². The van der Waals surface area contributed by atoms with E-state index in [1.807, 2.05) is 93.6 Å². The third-order valence-corrected chi connectivity index (χ3v) is 12.4. The molecule has 0 saturated heterocycles. The summed E-state index contributed by atoms with van der Waals surface area (Å²) in [4.78, 5) is 51.1. The Hall–Kier alpha value is -8.07. The molecule has 378 valence electrons. The van der Waals surface area contributed by atoms with Gasteiger partial charge in [0.1, 0.15) is 34.5 Å². The fourth-order valence-corrected chi connectivity index (χ4v) is 8.75. The van der Waals surface area contributed by atoms with Gasteiger partial charge in [-0.05, 0) is 110 Å². The van der Waals surface area contributed by atoms with Crippen LogP contribution in [0.4, 0.5) is 34.1 Å². The summed E-state index contributed by atoms with van der Waals surface area (Å²) < 4.78 is 33.5. The molecule has 6 bridgehead atoms. The molecule has 0 aliphatic carbocycles. The van der Waals surface area contributed by atoms with Crippen LogP contribution in [0.2, 0.25) is 0 Å². The third kappa shape index (κ3) is 11.9. The van der Waals surface area contributed by atoms with E-state index in [0.29, 0.717) is 144 Å². The summed E-state index contributed by atoms with van der Waals surface area (Å²) in [5, 5.41) is 10.6. The Morgan fingerprint density at radius 2 is 0.639 bits per heavy atom. The van der Waals surface area contributed by atoms with Crippen molar-refractivity contribution in [3.8, 4) is 34.5 Å².